The van der Waals surface area contributed by atoms with Gasteiger partial charge in [-0.05, 0) is 31.2 Å². The van der Waals surface area contributed by atoms with Gasteiger partial charge in [-0.1, -0.05) is 51.1 Å². The Bertz CT molecular complexity index is 502. The maximum absolute atomic E-state index is 12.0. The first-order valence-electron chi connectivity index (χ1n) is 7.69. The fraction of sp³-hybridized carbons (Fsp3) is 0.556. The summed E-state index contributed by atoms with van der Waals surface area (Å²) in [6, 6.07) is 9.49. The predicted octanol–water partition coefficient (Wildman–Crippen LogP) is 2.68. The van der Waals surface area contributed by atoms with Crippen LogP contribution in [-0.2, 0) is 16.0 Å². The lowest BCUT2D eigenvalue weighted by atomic mass is 9.82. The van der Waals surface area contributed by atoms with Gasteiger partial charge >= 0.3 is 0 Å². The molecule has 0 radical (unpaired) electrons. The van der Waals surface area contributed by atoms with Crippen molar-refractivity contribution < 1.29 is 9.59 Å². The maximum Gasteiger partial charge on any atom is 0.239 e. The summed E-state index contributed by atoms with van der Waals surface area (Å²) in [7, 11) is 0. The molecule has 1 rings (SSSR count). The molecule has 4 heteroatoms. The molecule has 0 aromatic heterocycles. The van der Waals surface area contributed by atoms with E-state index in [0.29, 0.717) is 6.42 Å². The first-order chi connectivity index (χ1) is 10.1. The van der Waals surface area contributed by atoms with Crippen LogP contribution in [0.3, 0.4) is 0 Å². The lowest BCUT2D eigenvalue weighted by Gasteiger charge is -2.33. The van der Waals surface area contributed by atoms with Crippen molar-refractivity contribution in [3.8, 4) is 0 Å². The van der Waals surface area contributed by atoms with Gasteiger partial charge in [-0.25, -0.2) is 0 Å². The largest absolute Gasteiger partial charge is 0.350 e. The van der Waals surface area contributed by atoms with E-state index in [-0.39, 0.29) is 29.3 Å². The topological polar surface area (TPSA) is 58.2 Å². The molecule has 2 amide bonds. The fourth-order valence-corrected chi connectivity index (χ4v) is 2.81. The molecule has 1 aromatic carbocycles. The van der Waals surface area contributed by atoms with E-state index in [1.165, 1.54) is 0 Å². The van der Waals surface area contributed by atoms with Crippen LogP contribution >= 0.6 is 0 Å². The van der Waals surface area contributed by atoms with Crippen molar-refractivity contribution in [1.29, 1.82) is 0 Å². The Balaban J connectivity index is 2.38. The minimum absolute atomic E-state index is 0.0131. The Morgan fingerprint density at radius 1 is 0.955 bits per heavy atom. The molecule has 1 aromatic rings. The van der Waals surface area contributed by atoms with Crippen LogP contribution in [0.5, 0.6) is 0 Å². The van der Waals surface area contributed by atoms with Gasteiger partial charge in [-0.2, -0.15) is 0 Å². The highest BCUT2D eigenvalue weighted by atomic mass is 16.2. The maximum atomic E-state index is 12.0. The van der Waals surface area contributed by atoms with E-state index in [9.17, 15) is 9.59 Å². The van der Waals surface area contributed by atoms with Crippen LogP contribution in [0.15, 0.2) is 30.3 Å². The third-order valence-corrected chi connectivity index (χ3v) is 3.10. The molecule has 0 atom stereocenters. The van der Waals surface area contributed by atoms with Crippen molar-refractivity contribution in [2.24, 2.45) is 5.41 Å². The quantitative estimate of drug-likeness (QED) is 0.849. The number of rotatable bonds is 6. The minimum Gasteiger partial charge on any atom is -0.350 e. The zero-order valence-electron chi connectivity index (χ0n) is 14.3. The molecule has 0 aliphatic carbocycles. The molecule has 0 aliphatic heterocycles. The number of hydrogen-bond acceptors (Lipinski definition) is 2. The summed E-state index contributed by atoms with van der Waals surface area (Å²) < 4.78 is 0. The van der Waals surface area contributed by atoms with E-state index in [1.54, 1.807) is 0 Å². The summed E-state index contributed by atoms with van der Waals surface area (Å²) in [6.07, 6.45) is 1.16. The van der Waals surface area contributed by atoms with Gasteiger partial charge in [0.05, 0.1) is 13.0 Å². The Morgan fingerprint density at radius 3 is 2.09 bits per heavy atom. The van der Waals surface area contributed by atoms with Crippen LogP contribution in [0, 0.1) is 5.41 Å². The standard InChI is InChI=1S/C18H28N2O2/c1-17(2,3)13-18(4,5)20-16(22)12-19-15(21)11-14-9-7-6-8-10-14/h6-10H,11-13H2,1-5H3,(H,19,21)(H,20,22). The van der Waals surface area contributed by atoms with E-state index in [0.717, 1.165) is 12.0 Å². The van der Waals surface area contributed by atoms with Gasteiger partial charge in [0.25, 0.3) is 0 Å². The molecule has 22 heavy (non-hydrogen) atoms. The Morgan fingerprint density at radius 2 is 1.55 bits per heavy atom. The Hall–Kier alpha value is -1.84. The molecule has 0 spiro atoms. The average Bonchev–Trinajstić information content (AvgIpc) is 2.34. The van der Waals surface area contributed by atoms with Crippen LogP contribution in [0.2, 0.25) is 0 Å². The molecule has 0 saturated heterocycles. The van der Waals surface area contributed by atoms with Crippen LogP contribution in [0.25, 0.3) is 0 Å². The number of carbonyl (C=O) groups is 2. The highest BCUT2D eigenvalue weighted by Crippen LogP contribution is 2.26. The van der Waals surface area contributed by atoms with Crippen molar-refractivity contribution in [3.05, 3.63) is 35.9 Å². The zero-order chi connectivity index (χ0) is 16.8. The summed E-state index contributed by atoms with van der Waals surface area (Å²) in [5, 5.41) is 5.64. The Labute approximate surface area is 133 Å². The number of nitrogens with one attached hydrogen (secondary N) is 2. The average molecular weight is 304 g/mol. The van der Waals surface area contributed by atoms with Crippen LogP contribution in [0.4, 0.5) is 0 Å². The summed E-state index contributed by atoms with van der Waals surface area (Å²) in [4.78, 5) is 23.8. The first kappa shape index (κ1) is 18.2. The smallest absolute Gasteiger partial charge is 0.239 e. The molecule has 0 heterocycles. The second-order valence-electron chi connectivity index (χ2n) is 7.61. The van der Waals surface area contributed by atoms with Crippen LogP contribution < -0.4 is 10.6 Å². The summed E-state index contributed by atoms with van der Waals surface area (Å²) in [5.41, 5.74) is 0.779. The fourth-order valence-electron chi connectivity index (χ4n) is 2.81. The molecule has 0 saturated carbocycles. The Kier molecular flexibility index (Phi) is 6.15. The van der Waals surface area contributed by atoms with E-state index >= 15 is 0 Å². The van der Waals surface area contributed by atoms with Gasteiger partial charge in [0.15, 0.2) is 0 Å². The van der Waals surface area contributed by atoms with E-state index in [4.69, 9.17) is 0 Å². The number of carbonyl (C=O) groups excluding carboxylic acids is 2. The SMILES string of the molecule is CC(C)(C)CC(C)(C)NC(=O)CNC(=O)Cc1ccccc1. The molecular formula is C18H28N2O2. The molecular weight excluding hydrogens is 276 g/mol. The van der Waals surface area contributed by atoms with E-state index < -0.39 is 0 Å². The van der Waals surface area contributed by atoms with Crippen molar-refractivity contribution in [2.75, 3.05) is 6.54 Å². The van der Waals surface area contributed by atoms with Gasteiger partial charge in [0, 0.05) is 5.54 Å². The van der Waals surface area contributed by atoms with Crippen LogP contribution in [0.1, 0.15) is 46.6 Å². The highest BCUT2D eigenvalue weighted by Gasteiger charge is 2.26. The molecule has 0 bridgehead atoms. The number of amides is 2. The molecule has 2 N–H and O–H groups in total. The molecule has 122 valence electrons. The molecule has 0 unspecified atom stereocenters. The van der Waals surface area contributed by atoms with E-state index in [2.05, 4.69) is 31.4 Å². The van der Waals surface area contributed by atoms with Gasteiger partial charge < -0.3 is 10.6 Å². The third kappa shape index (κ3) is 7.81. The van der Waals surface area contributed by atoms with Gasteiger partial charge in [-0.15, -0.1) is 0 Å². The monoisotopic (exact) mass is 304 g/mol. The summed E-state index contributed by atoms with van der Waals surface area (Å²) >= 11 is 0. The number of benzene rings is 1. The lowest BCUT2D eigenvalue weighted by molar-refractivity contribution is -0.126. The van der Waals surface area contributed by atoms with Crippen molar-refractivity contribution >= 4 is 11.8 Å². The first-order valence-corrected chi connectivity index (χ1v) is 7.69. The molecule has 4 nitrogen and oxygen atoms in total. The molecule has 0 fully saturated rings. The zero-order valence-corrected chi connectivity index (χ0v) is 14.3. The van der Waals surface area contributed by atoms with Gasteiger partial charge in [0.1, 0.15) is 0 Å². The highest BCUT2D eigenvalue weighted by molar-refractivity contribution is 5.86. The predicted molar refractivity (Wildman–Crippen MR) is 89.4 cm³/mol. The van der Waals surface area contributed by atoms with Crippen molar-refractivity contribution in [1.82, 2.24) is 10.6 Å². The van der Waals surface area contributed by atoms with Gasteiger partial charge in [0.2, 0.25) is 11.8 Å². The van der Waals surface area contributed by atoms with Crippen LogP contribution in [-0.4, -0.2) is 23.9 Å². The minimum atomic E-state index is -0.292. The second kappa shape index (κ2) is 7.43. The summed E-state index contributed by atoms with van der Waals surface area (Å²) in [6.45, 7) is 10.4. The number of hydrogen-bond donors (Lipinski definition) is 2. The second-order valence-corrected chi connectivity index (χ2v) is 7.61. The third-order valence-electron chi connectivity index (χ3n) is 3.10. The van der Waals surface area contributed by atoms with E-state index in [1.807, 2.05) is 44.2 Å². The lowest BCUT2D eigenvalue weighted by Crippen LogP contribution is -2.49. The van der Waals surface area contributed by atoms with Crippen molar-refractivity contribution in [2.45, 2.75) is 53.0 Å². The normalized spacial score (nSPS) is 11.9. The van der Waals surface area contributed by atoms with Gasteiger partial charge in [-0.3, -0.25) is 9.59 Å². The molecule has 0 aliphatic rings. The van der Waals surface area contributed by atoms with Crippen molar-refractivity contribution in [3.63, 3.8) is 0 Å². The summed E-state index contributed by atoms with van der Waals surface area (Å²) in [5.74, 6) is -0.300.